The summed E-state index contributed by atoms with van der Waals surface area (Å²) in [6.07, 6.45) is 5.14. The highest BCUT2D eigenvalue weighted by Crippen LogP contribution is 2.35. The Morgan fingerprint density at radius 1 is 1.31 bits per heavy atom. The summed E-state index contributed by atoms with van der Waals surface area (Å²) in [7, 11) is -3.01. The summed E-state index contributed by atoms with van der Waals surface area (Å²) >= 11 is 0. The highest BCUT2D eigenvalue weighted by Gasteiger charge is 2.46. The van der Waals surface area contributed by atoms with E-state index in [-0.39, 0.29) is 23.5 Å². The van der Waals surface area contributed by atoms with Crippen LogP contribution in [-0.4, -0.2) is 44.1 Å². The molecule has 0 saturated carbocycles. The van der Waals surface area contributed by atoms with Gasteiger partial charge in [0.05, 0.1) is 17.1 Å². The van der Waals surface area contributed by atoms with Crippen molar-refractivity contribution >= 4 is 21.8 Å². The second-order valence-electron chi connectivity index (χ2n) is 7.73. The summed E-state index contributed by atoms with van der Waals surface area (Å²) in [5, 5.41) is 3.00. The zero-order chi connectivity index (χ0) is 18.8. The molecule has 142 valence electrons. The number of benzene rings is 1. The van der Waals surface area contributed by atoms with Gasteiger partial charge in [0.2, 0.25) is 5.91 Å². The molecule has 2 saturated heterocycles. The van der Waals surface area contributed by atoms with E-state index in [1.54, 1.807) is 6.08 Å². The Balaban J connectivity index is 1.56. The van der Waals surface area contributed by atoms with Crippen molar-refractivity contribution in [3.8, 4) is 0 Å². The molecule has 26 heavy (non-hydrogen) atoms. The van der Waals surface area contributed by atoms with Crippen molar-refractivity contribution in [2.45, 2.75) is 50.7 Å². The van der Waals surface area contributed by atoms with Crippen LogP contribution in [0.15, 0.2) is 30.3 Å². The first kappa shape index (κ1) is 19.1. The summed E-state index contributed by atoms with van der Waals surface area (Å²) in [4.78, 5) is 12.2. The van der Waals surface area contributed by atoms with E-state index in [4.69, 9.17) is 4.74 Å². The van der Waals surface area contributed by atoms with E-state index in [1.165, 1.54) is 11.6 Å². The standard InChI is InChI=1S/C20H27NO4S/c1-15(2)17-6-3-16(4-7-17)5-8-19(22)21-18-9-11-25-20(13-18)10-12-26(23,24)14-20/h3-8,15,18H,9-14H2,1-2H3,(H,21,22)/b8-5+. The molecule has 3 rings (SSSR count). The minimum atomic E-state index is -3.01. The second-order valence-corrected chi connectivity index (χ2v) is 9.91. The molecule has 0 bridgehead atoms. The number of hydrogen-bond acceptors (Lipinski definition) is 4. The Morgan fingerprint density at radius 3 is 2.65 bits per heavy atom. The fourth-order valence-electron chi connectivity index (χ4n) is 3.73. The summed E-state index contributed by atoms with van der Waals surface area (Å²) in [5.74, 6) is 0.585. The molecule has 1 spiro atoms. The van der Waals surface area contributed by atoms with Crippen LogP contribution in [0.3, 0.4) is 0 Å². The lowest BCUT2D eigenvalue weighted by Crippen LogP contribution is -2.49. The van der Waals surface area contributed by atoms with Gasteiger partial charge in [-0.2, -0.15) is 0 Å². The Hall–Kier alpha value is -1.66. The third-order valence-electron chi connectivity index (χ3n) is 5.22. The van der Waals surface area contributed by atoms with Gasteiger partial charge >= 0.3 is 0 Å². The van der Waals surface area contributed by atoms with E-state index in [9.17, 15) is 13.2 Å². The third kappa shape index (κ3) is 4.74. The van der Waals surface area contributed by atoms with Crippen LogP contribution in [0.2, 0.25) is 0 Å². The van der Waals surface area contributed by atoms with Crippen molar-refractivity contribution in [2.75, 3.05) is 18.1 Å². The number of amides is 1. The van der Waals surface area contributed by atoms with Crippen LogP contribution in [0.1, 0.15) is 50.2 Å². The molecule has 1 amide bonds. The van der Waals surface area contributed by atoms with Crippen molar-refractivity contribution < 1.29 is 17.9 Å². The highest BCUT2D eigenvalue weighted by molar-refractivity contribution is 7.91. The summed E-state index contributed by atoms with van der Waals surface area (Å²) in [5.41, 5.74) is 1.64. The number of hydrogen-bond donors (Lipinski definition) is 1. The van der Waals surface area contributed by atoms with Gasteiger partial charge in [-0.3, -0.25) is 4.79 Å². The van der Waals surface area contributed by atoms with E-state index in [0.29, 0.717) is 31.8 Å². The van der Waals surface area contributed by atoms with E-state index < -0.39 is 15.4 Å². The molecular formula is C20H27NO4S. The first-order valence-corrected chi connectivity index (χ1v) is 11.0. The van der Waals surface area contributed by atoms with Crippen molar-refractivity contribution in [1.29, 1.82) is 0 Å². The van der Waals surface area contributed by atoms with Crippen molar-refractivity contribution in [2.24, 2.45) is 0 Å². The summed E-state index contributed by atoms with van der Waals surface area (Å²) < 4.78 is 29.3. The van der Waals surface area contributed by atoms with E-state index in [1.807, 2.05) is 12.1 Å². The largest absolute Gasteiger partial charge is 0.374 e. The quantitative estimate of drug-likeness (QED) is 0.819. The SMILES string of the molecule is CC(C)c1ccc(/C=C/C(=O)NC2CCOC3(CCS(=O)(=O)C3)C2)cc1. The van der Waals surface area contributed by atoms with Gasteiger partial charge in [0.15, 0.2) is 9.84 Å². The van der Waals surface area contributed by atoms with Crippen LogP contribution in [0.5, 0.6) is 0 Å². The van der Waals surface area contributed by atoms with Gasteiger partial charge in [-0.05, 0) is 42.4 Å². The van der Waals surface area contributed by atoms with Crippen LogP contribution in [0.4, 0.5) is 0 Å². The molecule has 2 aliphatic heterocycles. The van der Waals surface area contributed by atoms with Gasteiger partial charge in [-0.25, -0.2) is 8.42 Å². The monoisotopic (exact) mass is 377 g/mol. The zero-order valence-corrected chi connectivity index (χ0v) is 16.2. The molecule has 2 aliphatic rings. The normalized spacial score (nSPS) is 28.0. The molecule has 2 atom stereocenters. The Labute approximate surface area is 155 Å². The second kappa shape index (κ2) is 7.53. The first-order chi connectivity index (χ1) is 12.3. The predicted octanol–water partition coefficient (Wildman–Crippen LogP) is 2.68. The third-order valence-corrected chi connectivity index (χ3v) is 7.01. The Bertz CT molecular complexity index is 783. The zero-order valence-electron chi connectivity index (χ0n) is 15.4. The van der Waals surface area contributed by atoms with Gasteiger partial charge in [0, 0.05) is 18.7 Å². The lowest BCUT2D eigenvalue weighted by molar-refractivity contribution is -0.119. The molecule has 2 unspecified atom stereocenters. The minimum absolute atomic E-state index is 0.0440. The smallest absolute Gasteiger partial charge is 0.244 e. The highest BCUT2D eigenvalue weighted by atomic mass is 32.2. The Kier molecular flexibility index (Phi) is 5.53. The lowest BCUT2D eigenvalue weighted by atomic mass is 9.90. The summed E-state index contributed by atoms with van der Waals surface area (Å²) in [6, 6.07) is 8.12. The van der Waals surface area contributed by atoms with Crippen molar-refractivity contribution in [3.05, 3.63) is 41.5 Å². The fourth-order valence-corrected chi connectivity index (χ4v) is 5.70. The van der Waals surface area contributed by atoms with E-state index in [0.717, 1.165) is 5.56 Å². The van der Waals surface area contributed by atoms with Gasteiger partial charge in [0.25, 0.3) is 0 Å². The summed E-state index contributed by atoms with van der Waals surface area (Å²) in [6.45, 7) is 4.78. The van der Waals surface area contributed by atoms with Crippen molar-refractivity contribution in [1.82, 2.24) is 5.32 Å². The van der Waals surface area contributed by atoms with Crippen LogP contribution in [0, 0.1) is 0 Å². The van der Waals surface area contributed by atoms with Gasteiger partial charge in [-0.1, -0.05) is 38.1 Å². The number of carbonyl (C=O) groups excluding carboxylic acids is 1. The van der Waals surface area contributed by atoms with E-state index in [2.05, 4.69) is 31.3 Å². The maximum Gasteiger partial charge on any atom is 0.244 e. The molecule has 0 aliphatic carbocycles. The van der Waals surface area contributed by atoms with Gasteiger partial charge < -0.3 is 10.1 Å². The fraction of sp³-hybridized carbons (Fsp3) is 0.550. The molecule has 5 nitrogen and oxygen atoms in total. The van der Waals surface area contributed by atoms with Gasteiger partial charge in [0.1, 0.15) is 0 Å². The van der Waals surface area contributed by atoms with Crippen molar-refractivity contribution in [3.63, 3.8) is 0 Å². The van der Waals surface area contributed by atoms with Crippen LogP contribution < -0.4 is 5.32 Å². The van der Waals surface area contributed by atoms with Crippen LogP contribution >= 0.6 is 0 Å². The molecule has 2 heterocycles. The average molecular weight is 378 g/mol. The molecule has 6 heteroatoms. The number of rotatable bonds is 4. The van der Waals surface area contributed by atoms with Crippen LogP contribution in [0.25, 0.3) is 6.08 Å². The Morgan fingerprint density at radius 2 is 2.04 bits per heavy atom. The maximum absolute atomic E-state index is 12.2. The minimum Gasteiger partial charge on any atom is -0.374 e. The molecule has 2 fully saturated rings. The molecule has 0 radical (unpaired) electrons. The molecule has 1 aromatic rings. The topological polar surface area (TPSA) is 72.5 Å². The van der Waals surface area contributed by atoms with Crippen LogP contribution in [-0.2, 0) is 19.4 Å². The maximum atomic E-state index is 12.2. The molecule has 1 N–H and O–H groups in total. The number of sulfone groups is 1. The van der Waals surface area contributed by atoms with Gasteiger partial charge in [-0.15, -0.1) is 0 Å². The number of carbonyl (C=O) groups is 1. The lowest BCUT2D eigenvalue weighted by Gasteiger charge is -2.37. The molecule has 1 aromatic carbocycles. The first-order valence-electron chi connectivity index (χ1n) is 9.20. The number of ether oxygens (including phenoxy) is 1. The predicted molar refractivity (Wildman–Crippen MR) is 103 cm³/mol. The molecular weight excluding hydrogens is 350 g/mol. The number of nitrogens with one attached hydrogen (secondary N) is 1. The van der Waals surface area contributed by atoms with E-state index >= 15 is 0 Å². The average Bonchev–Trinajstić information content (AvgIpc) is 2.87. The molecule has 0 aromatic heterocycles.